The van der Waals surface area contributed by atoms with Gasteiger partial charge in [-0.2, -0.15) is 0 Å². The zero-order valence-electron chi connectivity index (χ0n) is 13.2. The number of carbonyl (C=O) groups is 2. The number of nitrogens with one attached hydrogen (secondary N) is 1. The fourth-order valence-electron chi connectivity index (χ4n) is 2.35. The van der Waals surface area contributed by atoms with Gasteiger partial charge in [-0.25, -0.2) is 0 Å². The van der Waals surface area contributed by atoms with Crippen LogP contribution in [0.15, 0.2) is 71.9 Å². The fourth-order valence-corrected chi connectivity index (χ4v) is 2.35. The molecule has 0 aliphatic carbocycles. The first-order valence-corrected chi connectivity index (χ1v) is 7.37. The first-order valence-electron chi connectivity index (χ1n) is 7.37. The number of hydrogen-bond donors (Lipinski definition) is 1. The molecule has 2 aromatic carbocycles. The van der Waals surface area contributed by atoms with Crippen LogP contribution in [0.5, 0.6) is 0 Å². The van der Waals surface area contributed by atoms with Gasteiger partial charge in [0, 0.05) is 29.4 Å². The maximum absolute atomic E-state index is 12.3. The van der Waals surface area contributed by atoms with Crippen molar-refractivity contribution in [1.82, 2.24) is 0 Å². The van der Waals surface area contributed by atoms with Crippen LogP contribution in [-0.4, -0.2) is 18.9 Å². The summed E-state index contributed by atoms with van der Waals surface area (Å²) in [6, 6.07) is 14.1. The third-order valence-corrected chi connectivity index (χ3v) is 3.73. The number of rotatable bonds is 4. The van der Waals surface area contributed by atoms with Crippen molar-refractivity contribution in [2.75, 3.05) is 17.3 Å². The van der Waals surface area contributed by atoms with E-state index in [2.05, 4.69) is 11.9 Å². The van der Waals surface area contributed by atoms with Crippen LogP contribution in [0.2, 0.25) is 0 Å². The number of nitrogens with zero attached hydrogens (tertiary/aromatic N) is 1. The molecular formula is C19H16N2O3. The Bertz CT molecular complexity index is 910. The van der Waals surface area contributed by atoms with Crippen molar-refractivity contribution in [2.45, 2.75) is 0 Å². The molecule has 0 saturated heterocycles. The van der Waals surface area contributed by atoms with E-state index in [0.29, 0.717) is 16.9 Å². The quantitative estimate of drug-likeness (QED) is 0.743. The summed E-state index contributed by atoms with van der Waals surface area (Å²) in [5.41, 5.74) is 2.66. The Morgan fingerprint density at radius 2 is 1.88 bits per heavy atom. The monoisotopic (exact) mass is 320 g/mol. The number of amides is 2. The van der Waals surface area contributed by atoms with E-state index < -0.39 is 0 Å². The van der Waals surface area contributed by atoms with Crippen molar-refractivity contribution in [3.05, 3.63) is 73.0 Å². The standard InChI is InChI=1S/C19H16N2O3/c1-3-18(22)21(2)16-7-4-13(5-8-16)19(23)20-15-6-9-17-14(12-15)10-11-24-17/h3-12H,1H2,2H3,(H,20,23). The highest BCUT2D eigenvalue weighted by atomic mass is 16.3. The molecule has 0 bridgehead atoms. The third kappa shape index (κ3) is 3.05. The second-order valence-corrected chi connectivity index (χ2v) is 5.28. The molecule has 0 fully saturated rings. The summed E-state index contributed by atoms with van der Waals surface area (Å²) >= 11 is 0. The minimum atomic E-state index is -0.220. The van der Waals surface area contributed by atoms with E-state index in [-0.39, 0.29) is 11.8 Å². The molecule has 0 unspecified atom stereocenters. The van der Waals surface area contributed by atoms with Gasteiger partial charge in [0.25, 0.3) is 5.91 Å². The molecule has 120 valence electrons. The summed E-state index contributed by atoms with van der Waals surface area (Å²) in [5.74, 6) is -0.428. The summed E-state index contributed by atoms with van der Waals surface area (Å²) in [6.07, 6.45) is 2.85. The van der Waals surface area contributed by atoms with Gasteiger partial charge < -0.3 is 14.6 Å². The van der Waals surface area contributed by atoms with Gasteiger partial charge in [0.15, 0.2) is 0 Å². The van der Waals surface area contributed by atoms with Crippen molar-refractivity contribution in [3.8, 4) is 0 Å². The van der Waals surface area contributed by atoms with E-state index in [4.69, 9.17) is 4.42 Å². The normalized spacial score (nSPS) is 10.4. The Morgan fingerprint density at radius 1 is 1.12 bits per heavy atom. The van der Waals surface area contributed by atoms with Gasteiger partial charge in [-0.15, -0.1) is 0 Å². The number of carbonyl (C=O) groups excluding carboxylic acids is 2. The van der Waals surface area contributed by atoms with Gasteiger partial charge in [0.05, 0.1) is 6.26 Å². The van der Waals surface area contributed by atoms with Crippen molar-refractivity contribution in [2.24, 2.45) is 0 Å². The van der Waals surface area contributed by atoms with Crippen molar-refractivity contribution in [3.63, 3.8) is 0 Å². The Labute approximate surface area is 139 Å². The lowest BCUT2D eigenvalue weighted by atomic mass is 10.1. The van der Waals surface area contributed by atoms with E-state index >= 15 is 0 Å². The van der Waals surface area contributed by atoms with Gasteiger partial charge in [0.2, 0.25) is 5.91 Å². The summed E-state index contributed by atoms with van der Waals surface area (Å²) in [5, 5.41) is 3.77. The molecule has 0 radical (unpaired) electrons. The molecule has 0 spiro atoms. The number of hydrogen-bond acceptors (Lipinski definition) is 3. The topological polar surface area (TPSA) is 62.6 Å². The van der Waals surface area contributed by atoms with Gasteiger partial charge in [-0.05, 0) is 54.6 Å². The molecule has 24 heavy (non-hydrogen) atoms. The summed E-state index contributed by atoms with van der Waals surface area (Å²) in [4.78, 5) is 25.4. The predicted molar refractivity (Wildman–Crippen MR) is 94.2 cm³/mol. The molecule has 5 nitrogen and oxygen atoms in total. The molecule has 0 aliphatic rings. The van der Waals surface area contributed by atoms with E-state index in [1.165, 1.54) is 11.0 Å². The lowest BCUT2D eigenvalue weighted by Gasteiger charge is -2.15. The minimum absolute atomic E-state index is 0.208. The molecule has 1 N–H and O–H groups in total. The van der Waals surface area contributed by atoms with E-state index in [1.807, 2.05) is 18.2 Å². The Balaban J connectivity index is 1.75. The molecule has 1 aromatic heterocycles. The zero-order valence-corrected chi connectivity index (χ0v) is 13.2. The van der Waals surface area contributed by atoms with Crippen molar-refractivity contribution in [1.29, 1.82) is 0 Å². The highest BCUT2D eigenvalue weighted by Gasteiger charge is 2.10. The highest BCUT2D eigenvalue weighted by Crippen LogP contribution is 2.21. The second kappa shape index (κ2) is 6.42. The number of furan rings is 1. The summed E-state index contributed by atoms with van der Waals surface area (Å²) in [7, 11) is 1.65. The smallest absolute Gasteiger partial charge is 0.255 e. The van der Waals surface area contributed by atoms with Crippen LogP contribution in [0.25, 0.3) is 11.0 Å². The maximum atomic E-state index is 12.3. The lowest BCUT2D eigenvalue weighted by molar-refractivity contribution is -0.113. The van der Waals surface area contributed by atoms with E-state index in [1.54, 1.807) is 43.6 Å². The Kier molecular flexibility index (Phi) is 4.16. The van der Waals surface area contributed by atoms with Crippen LogP contribution in [0.3, 0.4) is 0 Å². The SMILES string of the molecule is C=CC(=O)N(C)c1ccc(C(=O)Nc2ccc3occc3c2)cc1. The summed E-state index contributed by atoms with van der Waals surface area (Å²) in [6.45, 7) is 3.46. The molecule has 3 aromatic rings. The largest absolute Gasteiger partial charge is 0.464 e. The molecule has 5 heteroatoms. The average molecular weight is 320 g/mol. The van der Waals surface area contributed by atoms with Crippen molar-refractivity contribution < 1.29 is 14.0 Å². The average Bonchev–Trinajstić information content (AvgIpc) is 3.08. The lowest BCUT2D eigenvalue weighted by Crippen LogP contribution is -2.23. The zero-order chi connectivity index (χ0) is 17.1. The first-order chi connectivity index (χ1) is 11.6. The van der Waals surface area contributed by atoms with Gasteiger partial charge >= 0.3 is 0 Å². The summed E-state index contributed by atoms with van der Waals surface area (Å²) < 4.78 is 5.27. The highest BCUT2D eigenvalue weighted by molar-refractivity contribution is 6.06. The molecule has 2 amide bonds. The van der Waals surface area contributed by atoms with Crippen LogP contribution in [0, 0.1) is 0 Å². The Hall–Kier alpha value is -3.34. The van der Waals surface area contributed by atoms with Gasteiger partial charge in [0.1, 0.15) is 5.58 Å². The van der Waals surface area contributed by atoms with Crippen LogP contribution >= 0.6 is 0 Å². The van der Waals surface area contributed by atoms with Crippen LogP contribution < -0.4 is 10.2 Å². The number of benzene rings is 2. The van der Waals surface area contributed by atoms with Crippen molar-refractivity contribution >= 4 is 34.2 Å². The first kappa shape index (κ1) is 15.6. The molecule has 0 saturated carbocycles. The minimum Gasteiger partial charge on any atom is -0.464 e. The third-order valence-electron chi connectivity index (χ3n) is 3.73. The second-order valence-electron chi connectivity index (χ2n) is 5.28. The van der Waals surface area contributed by atoms with Crippen LogP contribution in [-0.2, 0) is 4.79 Å². The Morgan fingerprint density at radius 3 is 2.58 bits per heavy atom. The fraction of sp³-hybridized carbons (Fsp3) is 0.0526. The molecular weight excluding hydrogens is 304 g/mol. The molecule has 3 rings (SSSR count). The number of anilines is 2. The number of fused-ring (bicyclic) bond motifs is 1. The van der Waals surface area contributed by atoms with Gasteiger partial charge in [-0.1, -0.05) is 6.58 Å². The van der Waals surface area contributed by atoms with E-state index in [9.17, 15) is 9.59 Å². The van der Waals surface area contributed by atoms with Crippen LogP contribution in [0.4, 0.5) is 11.4 Å². The van der Waals surface area contributed by atoms with Crippen LogP contribution in [0.1, 0.15) is 10.4 Å². The van der Waals surface area contributed by atoms with E-state index in [0.717, 1.165) is 11.0 Å². The molecule has 1 heterocycles. The predicted octanol–water partition coefficient (Wildman–Crippen LogP) is 3.83. The number of likely N-dealkylation sites (N-methyl/N-ethyl adjacent to an activating group) is 1. The van der Waals surface area contributed by atoms with Gasteiger partial charge in [-0.3, -0.25) is 9.59 Å². The molecule has 0 aliphatic heterocycles. The molecule has 0 atom stereocenters. The maximum Gasteiger partial charge on any atom is 0.255 e.